The van der Waals surface area contributed by atoms with Crippen LogP contribution in [0.25, 0.3) is 10.9 Å². The number of aromatic nitrogens is 1. The molecule has 274 valence electrons. The van der Waals surface area contributed by atoms with Gasteiger partial charge in [-0.3, -0.25) is 29.7 Å². The van der Waals surface area contributed by atoms with Crippen LogP contribution in [0.1, 0.15) is 43.1 Å². The highest BCUT2D eigenvalue weighted by atomic mass is 32.2. The average molecular weight is 763 g/mol. The van der Waals surface area contributed by atoms with Gasteiger partial charge in [-0.2, -0.15) is 4.31 Å². The number of pyridine rings is 1. The van der Waals surface area contributed by atoms with Crippen LogP contribution in [0.2, 0.25) is 0 Å². The lowest BCUT2D eigenvalue weighted by Crippen LogP contribution is -2.59. The number of carboxylic acid groups (broad SMARTS) is 1. The number of rotatable bonds is 10. The summed E-state index contributed by atoms with van der Waals surface area (Å²) in [4.78, 5) is 46.7. The van der Waals surface area contributed by atoms with E-state index in [1.54, 1.807) is 0 Å². The molecule has 2 fully saturated rings. The molecule has 17 nitrogen and oxygen atoms in total. The predicted octanol–water partition coefficient (Wildman–Crippen LogP) is 4.22. The largest absolute Gasteiger partial charge is 0.477 e. The summed E-state index contributed by atoms with van der Waals surface area (Å²) in [5, 5.41) is 31.1. The highest BCUT2D eigenvalue weighted by molar-refractivity contribution is 7.92. The Bertz CT molecular complexity index is 2440. The number of hydrogen-bond acceptors (Lipinski definition) is 11. The Hall–Kier alpha value is -5.54. The topological polar surface area (TPSA) is 232 Å². The predicted molar refractivity (Wildman–Crippen MR) is 181 cm³/mol. The van der Waals surface area contributed by atoms with Gasteiger partial charge in [0.05, 0.1) is 30.5 Å². The van der Waals surface area contributed by atoms with Gasteiger partial charge >= 0.3 is 5.97 Å². The monoisotopic (exact) mass is 762 g/mol. The molecule has 6 rings (SSSR count). The number of carbonyl (C=O) groups is 1. The van der Waals surface area contributed by atoms with Crippen LogP contribution < -0.4 is 15.1 Å². The minimum absolute atomic E-state index is 0.265. The number of piperazine rings is 1. The first-order chi connectivity index (χ1) is 24.3. The zero-order valence-electron chi connectivity index (χ0n) is 27.1. The summed E-state index contributed by atoms with van der Waals surface area (Å²) in [7, 11) is -9.17. The van der Waals surface area contributed by atoms with Crippen LogP contribution in [-0.2, 0) is 20.0 Å². The number of benzene rings is 3. The van der Waals surface area contributed by atoms with E-state index in [4.69, 9.17) is 0 Å². The fraction of sp³-hybridized carbons (Fsp3) is 0.290. The van der Waals surface area contributed by atoms with Crippen molar-refractivity contribution in [1.82, 2.24) is 8.87 Å². The normalized spacial score (nSPS) is 18.3. The molecular formula is C31H28F2N6O11S2. The van der Waals surface area contributed by atoms with Crippen LogP contribution in [0, 0.1) is 31.9 Å². The van der Waals surface area contributed by atoms with Gasteiger partial charge in [0.15, 0.2) is 11.6 Å². The number of aromatic carboxylic acids is 1. The van der Waals surface area contributed by atoms with Crippen LogP contribution in [0.4, 0.5) is 31.5 Å². The van der Waals surface area contributed by atoms with Gasteiger partial charge in [-0.15, -0.1) is 0 Å². The quantitative estimate of drug-likeness (QED) is 0.171. The van der Waals surface area contributed by atoms with Crippen molar-refractivity contribution < 1.29 is 45.4 Å². The van der Waals surface area contributed by atoms with Crippen LogP contribution in [0.5, 0.6) is 0 Å². The third kappa shape index (κ3) is 6.19. The summed E-state index contributed by atoms with van der Waals surface area (Å²) in [6.07, 6.45) is 1.77. The van der Waals surface area contributed by atoms with E-state index < -0.39 is 109 Å². The Balaban J connectivity index is 1.50. The number of carboxylic acids is 1. The average Bonchev–Trinajstić information content (AvgIpc) is 3.92. The molecule has 2 atom stereocenters. The smallest absolute Gasteiger partial charge is 0.341 e. The van der Waals surface area contributed by atoms with E-state index in [9.17, 15) is 51.8 Å². The Morgan fingerprint density at radius 2 is 1.37 bits per heavy atom. The minimum Gasteiger partial charge on any atom is -0.477 e. The highest BCUT2D eigenvalue weighted by Gasteiger charge is 2.42. The Labute approximate surface area is 293 Å². The van der Waals surface area contributed by atoms with E-state index in [-0.39, 0.29) is 23.7 Å². The highest BCUT2D eigenvalue weighted by Crippen LogP contribution is 2.44. The molecule has 21 heteroatoms. The van der Waals surface area contributed by atoms with Gasteiger partial charge in [-0.25, -0.2) is 30.4 Å². The number of anilines is 2. The molecule has 2 heterocycles. The molecule has 2 unspecified atom stereocenters. The van der Waals surface area contributed by atoms with Crippen molar-refractivity contribution in [2.24, 2.45) is 0 Å². The maximum Gasteiger partial charge on any atom is 0.341 e. The van der Waals surface area contributed by atoms with Gasteiger partial charge < -0.3 is 14.6 Å². The van der Waals surface area contributed by atoms with Gasteiger partial charge in [-0.1, -0.05) is 0 Å². The third-order valence-electron chi connectivity index (χ3n) is 8.87. The molecule has 2 N–H and O–H groups in total. The Morgan fingerprint density at radius 3 is 1.83 bits per heavy atom. The van der Waals surface area contributed by atoms with Crippen LogP contribution in [0.15, 0.2) is 69.3 Å². The summed E-state index contributed by atoms with van der Waals surface area (Å²) in [6, 6.07) is 5.12. The summed E-state index contributed by atoms with van der Waals surface area (Å²) < 4.78 is 92.5. The Morgan fingerprint density at radius 1 is 0.865 bits per heavy atom. The molecule has 52 heavy (non-hydrogen) atoms. The van der Waals surface area contributed by atoms with Crippen LogP contribution >= 0.6 is 0 Å². The first kappa shape index (κ1) is 36.3. The third-order valence-corrected chi connectivity index (χ3v) is 12.4. The second kappa shape index (κ2) is 12.9. The molecular weight excluding hydrogens is 735 g/mol. The number of fused-ring (bicyclic) bond motifs is 1. The number of nitro groups is 2. The number of nitrogens with one attached hydrogen (secondary N) is 1. The standard InChI is InChI=1S/C31H28F2N6O11S2/c1-16-13-35(14-17(2)37(16)52(49,50)22-11-7-20(8-12-22)39(45)46)29-25(32)27(34-51(47,48)21-9-5-19(6-10-21)38(43)44)24-28(26(29)33)36(18-3-4-18)15-23(30(24)40)31(41)42/h5-12,15-18,34H,3-4,13-14H2,1-2H3,(H,41,42). The second-order valence-electron chi connectivity index (χ2n) is 12.4. The molecule has 3 aromatic carbocycles. The molecule has 1 aliphatic carbocycles. The van der Waals surface area contributed by atoms with Crippen molar-refractivity contribution >= 4 is 59.7 Å². The van der Waals surface area contributed by atoms with Crippen molar-refractivity contribution in [2.45, 2.75) is 54.6 Å². The lowest BCUT2D eigenvalue weighted by atomic mass is 10.0. The molecule has 0 amide bonds. The van der Waals surface area contributed by atoms with Gasteiger partial charge in [0, 0.05) is 61.7 Å². The van der Waals surface area contributed by atoms with Crippen LogP contribution in [0.3, 0.4) is 0 Å². The number of halogens is 2. The molecule has 0 bridgehead atoms. The lowest BCUT2D eigenvalue weighted by molar-refractivity contribution is -0.385. The van der Waals surface area contributed by atoms with Gasteiger partial charge in [0.1, 0.15) is 16.9 Å². The molecule has 2 aliphatic rings. The summed E-state index contributed by atoms with van der Waals surface area (Å²) >= 11 is 0. The van der Waals surface area contributed by atoms with E-state index in [0.717, 1.165) is 68.5 Å². The number of nitro benzene ring substituents is 2. The van der Waals surface area contributed by atoms with Crippen molar-refractivity contribution in [1.29, 1.82) is 0 Å². The fourth-order valence-corrected chi connectivity index (χ4v) is 9.33. The maximum atomic E-state index is 16.9. The molecule has 4 aromatic rings. The maximum absolute atomic E-state index is 16.9. The lowest BCUT2D eigenvalue weighted by Gasteiger charge is -2.44. The summed E-state index contributed by atoms with van der Waals surface area (Å²) in [5.41, 5.74) is -5.55. The van der Waals surface area contributed by atoms with E-state index in [1.807, 2.05) is 4.72 Å². The summed E-state index contributed by atoms with van der Waals surface area (Å²) in [5.74, 6) is -4.65. The molecule has 0 spiro atoms. The van der Waals surface area contributed by atoms with E-state index in [2.05, 4.69) is 0 Å². The first-order valence-corrected chi connectivity index (χ1v) is 18.4. The van der Waals surface area contributed by atoms with Crippen molar-refractivity contribution in [2.75, 3.05) is 22.7 Å². The molecule has 1 saturated heterocycles. The van der Waals surface area contributed by atoms with Crippen LogP contribution in [-0.4, -0.2) is 71.8 Å². The van der Waals surface area contributed by atoms with Crippen molar-refractivity contribution in [3.8, 4) is 0 Å². The van der Waals surface area contributed by atoms with Gasteiger partial charge in [0.2, 0.25) is 15.5 Å². The Kier molecular flexibility index (Phi) is 9.00. The number of hydrogen-bond donors (Lipinski definition) is 2. The molecule has 1 aromatic heterocycles. The molecule has 0 radical (unpaired) electrons. The summed E-state index contributed by atoms with van der Waals surface area (Å²) in [6.45, 7) is 2.20. The van der Waals surface area contributed by atoms with Gasteiger partial charge in [0.25, 0.3) is 21.4 Å². The number of non-ortho nitro benzene ring substituents is 2. The van der Waals surface area contributed by atoms with Crippen molar-refractivity contribution in [3.05, 3.63) is 102 Å². The number of nitrogens with zero attached hydrogens (tertiary/aromatic N) is 5. The van der Waals surface area contributed by atoms with Gasteiger partial charge in [-0.05, 0) is 51.0 Å². The van der Waals surface area contributed by atoms with Crippen molar-refractivity contribution in [3.63, 3.8) is 0 Å². The minimum atomic E-state index is -4.87. The van der Waals surface area contributed by atoms with E-state index in [1.165, 1.54) is 13.8 Å². The first-order valence-electron chi connectivity index (χ1n) is 15.5. The molecule has 1 aliphatic heterocycles. The number of sulfonamides is 2. The van der Waals surface area contributed by atoms with E-state index in [0.29, 0.717) is 12.8 Å². The van der Waals surface area contributed by atoms with E-state index >= 15 is 8.78 Å². The zero-order valence-corrected chi connectivity index (χ0v) is 28.7. The molecule has 1 saturated carbocycles. The zero-order chi connectivity index (χ0) is 38.0. The second-order valence-corrected chi connectivity index (χ2v) is 16.0. The fourth-order valence-electron chi connectivity index (χ4n) is 6.46. The SMILES string of the molecule is CC1CN(c2c(F)c(NS(=O)(=O)c3ccc([N+](=O)[O-])cc3)c3c(=O)c(C(=O)O)cn(C4CC4)c3c2F)CC(C)N1S(=O)(=O)c1ccc([N+](=O)[O-])cc1.